The van der Waals surface area contributed by atoms with E-state index in [-0.39, 0.29) is 11.5 Å². The number of H-pyrrole nitrogens is 1. The van der Waals surface area contributed by atoms with Crippen LogP contribution in [0.5, 0.6) is 0 Å². The van der Waals surface area contributed by atoms with Crippen molar-refractivity contribution in [3.05, 3.63) is 47.2 Å². The van der Waals surface area contributed by atoms with E-state index in [1.54, 1.807) is 0 Å². The average molecular weight is 382 g/mol. The van der Waals surface area contributed by atoms with Crippen LogP contribution in [0, 0.1) is 0 Å². The molecule has 2 rings (SSSR count). The van der Waals surface area contributed by atoms with E-state index in [9.17, 15) is 0 Å². The number of aromatic amines is 1. The molecule has 1 aromatic heterocycles. The Morgan fingerprint density at radius 2 is 1.82 bits per heavy atom. The molecule has 0 aliphatic carbocycles. The molecule has 0 bridgehead atoms. The number of aliphatic imine (C=N–C) groups is 1. The smallest absolute Gasteiger partial charge is 0.198 e. The van der Waals surface area contributed by atoms with Crippen LogP contribution >= 0.6 is 0 Å². The van der Waals surface area contributed by atoms with Gasteiger partial charge in [-0.15, -0.1) is 5.11 Å². The number of hydrogen-bond acceptors (Lipinski definition) is 4. The second kappa shape index (κ2) is 10.3. The number of benzene rings is 1. The minimum absolute atomic E-state index is 0.00702. The Morgan fingerprint density at radius 1 is 1.11 bits per heavy atom. The van der Waals surface area contributed by atoms with Crippen LogP contribution in [0.15, 0.2) is 45.6 Å². The van der Waals surface area contributed by atoms with Gasteiger partial charge in [0.05, 0.1) is 5.71 Å². The van der Waals surface area contributed by atoms with Crippen LogP contribution in [0.2, 0.25) is 0 Å². The molecular weight excluding hydrogens is 346 g/mol. The first-order chi connectivity index (χ1) is 13.4. The first-order valence-electron chi connectivity index (χ1n) is 10.5. The molecule has 0 saturated carbocycles. The Labute approximate surface area is 169 Å². The molecule has 1 N–H and O–H groups in total. The average Bonchev–Trinajstić information content (AvgIpc) is 3.11. The summed E-state index contributed by atoms with van der Waals surface area (Å²) in [5.74, 6) is 0.701. The van der Waals surface area contributed by atoms with Crippen LogP contribution in [0.4, 0.5) is 5.82 Å². The number of azo groups is 1. The fourth-order valence-electron chi connectivity index (χ4n) is 3.20. The maximum atomic E-state index is 4.89. The van der Waals surface area contributed by atoms with Gasteiger partial charge in [-0.3, -0.25) is 10.1 Å². The van der Waals surface area contributed by atoms with E-state index in [0.29, 0.717) is 5.82 Å². The number of nitrogens with zero attached hydrogens (tertiary/aromatic N) is 4. The van der Waals surface area contributed by atoms with E-state index in [4.69, 9.17) is 4.99 Å². The Kier molecular flexibility index (Phi) is 8.09. The van der Waals surface area contributed by atoms with Crippen molar-refractivity contribution in [3.8, 4) is 0 Å². The highest BCUT2D eigenvalue weighted by atomic mass is 15.2. The maximum absolute atomic E-state index is 4.89. The lowest BCUT2D eigenvalue weighted by Crippen LogP contribution is -2.19. The first-order valence-corrected chi connectivity index (χ1v) is 10.5. The molecule has 0 spiro atoms. The summed E-state index contributed by atoms with van der Waals surface area (Å²) in [5.41, 5.74) is 4.43. The quantitative estimate of drug-likeness (QED) is 0.304. The molecule has 0 radical (unpaired) electrons. The second-order valence-electron chi connectivity index (χ2n) is 8.13. The number of rotatable bonds is 9. The minimum Gasteiger partial charge on any atom is -0.287 e. The largest absolute Gasteiger partial charge is 0.287 e. The van der Waals surface area contributed by atoms with Gasteiger partial charge in [-0.05, 0) is 24.8 Å². The van der Waals surface area contributed by atoms with Gasteiger partial charge in [0.2, 0.25) is 0 Å². The van der Waals surface area contributed by atoms with Crippen molar-refractivity contribution in [1.82, 2.24) is 10.2 Å². The molecule has 0 saturated heterocycles. The molecule has 28 heavy (non-hydrogen) atoms. The van der Waals surface area contributed by atoms with Crippen LogP contribution in [0.1, 0.15) is 77.6 Å². The topological polar surface area (TPSA) is 65.8 Å². The zero-order chi connectivity index (χ0) is 20.6. The van der Waals surface area contributed by atoms with Crippen molar-refractivity contribution >= 4 is 11.5 Å². The SMILES string of the molecule is CCCCN=C(c1ccccc1)C(CC)N=Nc1n[nH]c(C(C)(C)C)c1CC. The van der Waals surface area contributed by atoms with E-state index in [1.807, 2.05) is 18.2 Å². The first kappa shape index (κ1) is 22.0. The van der Waals surface area contributed by atoms with Gasteiger partial charge < -0.3 is 0 Å². The fraction of sp³-hybridized carbons (Fsp3) is 0.565. The molecule has 1 unspecified atom stereocenters. The number of unbranched alkanes of at least 4 members (excludes halogenated alkanes) is 1. The Balaban J connectivity index is 2.35. The van der Waals surface area contributed by atoms with Crippen molar-refractivity contribution in [2.24, 2.45) is 15.2 Å². The summed E-state index contributed by atoms with van der Waals surface area (Å²) >= 11 is 0. The normalized spacial score (nSPS) is 14.0. The molecule has 0 amide bonds. The lowest BCUT2D eigenvalue weighted by molar-refractivity contribution is 0.561. The van der Waals surface area contributed by atoms with Gasteiger partial charge in [-0.2, -0.15) is 10.2 Å². The molecule has 0 aliphatic rings. The lowest BCUT2D eigenvalue weighted by atomic mass is 9.88. The van der Waals surface area contributed by atoms with E-state index in [2.05, 4.69) is 74.1 Å². The van der Waals surface area contributed by atoms with Crippen molar-refractivity contribution < 1.29 is 0 Å². The van der Waals surface area contributed by atoms with Crippen LogP contribution in [-0.2, 0) is 11.8 Å². The summed E-state index contributed by atoms with van der Waals surface area (Å²) in [6.07, 6.45) is 3.94. The Morgan fingerprint density at radius 3 is 2.39 bits per heavy atom. The molecular formula is C23H35N5. The summed E-state index contributed by atoms with van der Waals surface area (Å²) < 4.78 is 0. The number of hydrogen-bond donors (Lipinski definition) is 1. The zero-order valence-corrected chi connectivity index (χ0v) is 18.3. The predicted octanol–water partition coefficient (Wildman–Crippen LogP) is 6.42. The standard InChI is InChI=1S/C23H35N5/c1-7-10-16-24-20(17-14-12-11-13-15-17)19(9-3)25-27-22-18(8-2)21(26-28-22)23(4,5)6/h11-15,19H,7-10,16H2,1-6H3,(H,26,28). The molecule has 5 heteroatoms. The van der Waals surface area contributed by atoms with Crippen molar-refractivity contribution in [1.29, 1.82) is 0 Å². The van der Waals surface area contributed by atoms with Crippen LogP contribution in [0.3, 0.4) is 0 Å². The molecule has 0 aliphatic heterocycles. The lowest BCUT2D eigenvalue weighted by Gasteiger charge is -2.17. The van der Waals surface area contributed by atoms with Gasteiger partial charge in [-0.1, -0.05) is 78.3 Å². The van der Waals surface area contributed by atoms with E-state index in [0.717, 1.165) is 54.8 Å². The highest BCUT2D eigenvalue weighted by Crippen LogP contribution is 2.30. The number of nitrogens with one attached hydrogen (secondary N) is 1. The summed E-state index contributed by atoms with van der Waals surface area (Å²) in [5, 5.41) is 16.9. The van der Waals surface area contributed by atoms with Crippen molar-refractivity contribution in [2.75, 3.05) is 6.54 Å². The molecule has 1 atom stereocenters. The third-order valence-corrected chi connectivity index (χ3v) is 4.81. The molecule has 0 fully saturated rings. The van der Waals surface area contributed by atoms with Crippen LogP contribution < -0.4 is 0 Å². The van der Waals surface area contributed by atoms with Gasteiger partial charge in [0.1, 0.15) is 6.04 Å². The van der Waals surface area contributed by atoms with Gasteiger partial charge in [0, 0.05) is 23.2 Å². The summed E-state index contributed by atoms with van der Waals surface area (Å²) in [6, 6.07) is 10.3. The van der Waals surface area contributed by atoms with E-state index >= 15 is 0 Å². The monoisotopic (exact) mass is 381 g/mol. The highest BCUT2D eigenvalue weighted by molar-refractivity contribution is 6.04. The summed E-state index contributed by atoms with van der Waals surface area (Å²) in [7, 11) is 0. The summed E-state index contributed by atoms with van der Waals surface area (Å²) in [4.78, 5) is 4.89. The number of aromatic nitrogens is 2. The molecule has 1 aromatic carbocycles. The predicted molar refractivity (Wildman–Crippen MR) is 118 cm³/mol. The van der Waals surface area contributed by atoms with Gasteiger partial charge in [-0.25, -0.2) is 0 Å². The van der Waals surface area contributed by atoms with E-state index in [1.165, 1.54) is 0 Å². The third kappa shape index (κ3) is 5.60. The molecule has 5 nitrogen and oxygen atoms in total. The third-order valence-electron chi connectivity index (χ3n) is 4.81. The van der Waals surface area contributed by atoms with Crippen LogP contribution in [-0.4, -0.2) is 28.5 Å². The highest BCUT2D eigenvalue weighted by Gasteiger charge is 2.23. The van der Waals surface area contributed by atoms with E-state index < -0.39 is 0 Å². The van der Waals surface area contributed by atoms with Gasteiger partial charge in [0.25, 0.3) is 0 Å². The van der Waals surface area contributed by atoms with Gasteiger partial charge in [0.15, 0.2) is 5.82 Å². The molecule has 1 heterocycles. The van der Waals surface area contributed by atoms with Crippen molar-refractivity contribution in [2.45, 2.75) is 78.7 Å². The zero-order valence-electron chi connectivity index (χ0n) is 18.3. The van der Waals surface area contributed by atoms with Crippen LogP contribution in [0.25, 0.3) is 0 Å². The second-order valence-corrected chi connectivity index (χ2v) is 8.13. The van der Waals surface area contributed by atoms with Gasteiger partial charge >= 0.3 is 0 Å². The summed E-state index contributed by atoms with van der Waals surface area (Å²) in [6.45, 7) is 13.8. The maximum Gasteiger partial charge on any atom is 0.198 e. The minimum atomic E-state index is -0.0706. The molecule has 152 valence electrons. The van der Waals surface area contributed by atoms with Crippen molar-refractivity contribution in [3.63, 3.8) is 0 Å². The fourth-order valence-corrected chi connectivity index (χ4v) is 3.20. The molecule has 2 aromatic rings. The Bertz CT molecular complexity index is 781. The Hall–Kier alpha value is -2.30.